The van der Waals surface area contributed by atoms with Crippen LogP contribution in [0.25, 0.3) is 6.08 Å². The molecule has 8 nitrogen and oxygen atoms in total. The number of primary amides is 1. The summed E-state index contributed by atoms with van der Waals surface area (Å²) in [5, 5.41) is 5.30. The van der Waals surface area contributed by atoms with E-state index in [1.165, 1.54) is 13.2 Å². The van der Waals surface area contributed by atoms with Gasteiger partial charge >= 0.3 is 0 Å². The number of amides is 3. The standard InChI is InChI=1S/C21H23N3O5/c1-13-4-7-15(21(27)23-2)11-16(13)24-20(26)9-6-14-5-8-17(18(10-14)28-3)29-12-19(22)25/h4-11H,12H2,1-3H3,(H2,22,25)(H,23,27)(H,24,26)/b9-6+. The number of carbonyl (C=O) groups excluding carboxylic acids is 3. The lowest BCUT2D eigenvalue weighted by atomic mass is 10.1. The molecule has 0 saturated carbocycles. The van der Waals surface area contributed by atoms with E-state index in [1.807, 2.05) is 6.92 Å². The Kier molecular flexibility index (Phi) is 7.36. The number of rotatable bonds is 8. The molecule has 0 saturated heterocycles. The predicted molar refractivity (Wildman–Crippen MR) is 110 cm³/mol. The van der Waals surface area contributed by atoms with Gasteiger partial charge in [0.1, 0.15) is 0 Å². The zero-order valence-electron chi connectivity index (χ0n) is 16.4. The number of benzene rings is 2. The number of ether oxygens (including phenoxy) is 2. The normalized spacial score (nSPS) is 10.4. The molecule has 0 heterocycles. The van der Waals surface area contributed by atoms with E-state index < -0.39 is 5.91 Å². The molecule has 0 atom stereocenters. The molecule has 3 amide bonds. The maximum absolute atomic E-state index is 12.3. The quantitative estimate of drug-likeness (QED) is 0.588. The van der Waals surface area contributed by atoms with Crippen LogP contribution in [0.2, 0.25) is 0 Å². The molecule has 29 heavy (non-hydrogen) atoms. The Morgan fingerprint density at radius 2 is 1.86 bits per heavy atom. The van der Waals surface area contributed by atoms with Gasteiger partial charge in [0, 0.05) is 24.4 Å². The molecule has 0 aromatic heterocycles. The summed E-state index contributed by atoms with van der Waals surface area (Å²) in [6.07, 6.45) is 2.97. The average Bonchev–Trinajstić information content (AvgIpc) is 2.71. The van der Waals surface area contributed by atoms with Crippen LogP contribution < -0.4 is 25.8 Å². The lowest BCUT2D eigenvalue weighted by Gasteiger charge is -2.10. The molecule has 0 spiro atoms. The molecule has 0 aliphatic heterocycles. The van der Waals surface area contributed by atoms with Crippen molar-refractivity contribution in [2.24, 2.45) is 5.73 Å². The second-order valence-electron chi connectivity index (χ2n) is 6.10. The largest absolute Gasteiger partial charge is 0.493 e. The molecule has 0 fully saturated rings. The maximum Gasteiger partial charge on any atom is 0.255 e. The van der Waals surface area contributed by atoms with E-state index >= 15 is 0 Å². The van der Waals surface area contributed by atoms with Crippen molar-refractivity contribution in [1.82, 2.24) is 5.32 Å². The summed E-state index contributed by atoms with van der Waals surface area (Å²) in [5.41, 5.74) is 7.59. The van der Waals surface area contributed by atoms with Crippen LogP contribution in [0.3, 0.4) is 0 Å². The van der Waals surface area contributed by atoms with E-state index in [0.29, 0.717) is 28.3 Å². The smallest absolute Gasteiger partial charge is 0.255 e. The van der Waals surface area contributed by atoms with Gasteiger partial charge in [-0.15, -0.1) is 0 Å². The Hall–Kier alpha value is -3.81. The number of nitrogens with two attached hydrogens (primary N) is 1. The molecular formula is C21H23N3O5. The first-order valence-corrected chi connectivity index (χ1v) is 8.75. The number of hydrogen-bond acceptors (Lipinski definition) is 5. The number of nitrogens with one attached hydrogen (secondary N) is 2. The molecule has 152 valence electrons. The van der Waals surface area contributed by atoms with Crippen LogP contribution in [0.4, 0.5) is 5.69 Å². The van der Waals surface area contributed by atoms with Crippen LogP contribution in [-0.4, -0.2) is 38.5 Å². The van der Waals surface area contributed by atoms with E-state index in [4.69, 9.17) is 15.2 Å². The van der Waals surface area contributed by atoms with Gasteiger partial charge in [-0.1, -0.05) is 12.1 Å². The first-order chi connectivity index (χ1) is 13.8. The van der Waals surface area contributed by atoms with Crippen molar-refractivity contribution in [3.63, 3.8) is 0 Å². The number of aryl methyl sites for hydroxylation is 1. The minimum Gasteiger partial charge on any atom is -0.493 e. The molecule has 2 aromatic rings. The van der Waals surface area contributed by atoms with Crippen molar-refractivity contribution in [2.45, 2.75) is 6.92 Å². The molecule has 0 unspecified atom stereocenters. The molecule has 2 rings (SSSR count). The monoisotopic (exact) mass is 397 g/mol. The van der Waals surface area contributed by atoms with Crippen LogP contribution in [-0.2, 0) is 9.59 Å². The highest BCUT2D eigenvalue weighted by Crippen LogP contribution is 2.28. The van der Waals surface area contributed by atoms with Crippen LogP contribution in [0.15, 0.2) is 42.5 Å². The molecule has 8 heteroatoms. The Morgan fingerprint density at radius 1 is 1.10 bits per heavy atom. The van der Waals surface area contributed by atoms with Crippen molar-refractivity contribution in [3.8, 4) is 11.5 Å². The minimum absolute atomic E-state index is 0.234. The summed E-state index contributed by atoms with van der Waals surface area (Å²) >= 11 is 0. The lowest BCUT2D eigenvalue weighted by Crippen LogP contribution is -2.20. The predicted octanol–water partition coefficient (Wildman–Crippen LogP) is 1.88. The SMILES string of the molecule is CNC(=O)c1ccc(C)c(NC(=O)/C=C/c2ccc(OCC(N)=O)c(OC)c2)c1. The van der Waals surface area contributed by atoms with Gasteiger partial charge in [-0.25, -0.2) is 0 Å². The fraction of sp³-hybridized carbons (Fsp3) is 0.190. The first kappa shape index (κ1) is 21.5. The second-order valence-corrected chi connectivity index (χ2v) is 6.10. The van der Waals surface area contributed by atoms with Crippen molar-refractivity contribution in [3.05, 3.63) is 59.2 Å². The molecule has 0 radical (unpaired) electrons. The number of anilines is 1. The third kappa shape index (κ3) is 6.10. The van der Waals surface area contributed by atoms with Crippen molar-refractivity contribution >= 4 is 29.5 Å². The van der Waals surface area contributed by atoms with E-state index in [0.717, 1.165) is 5.56 Å². The number of hydrogen-bond donors (Lipinski definition) is 3. The highest BCUT2D eigenvalue weighted by atomic mass is 16.5. The van der Waals surface area contributed by atoms with Crippen LogP contribution in [0.1, 0.15) is 21.5 Å². The Morgan fingerprint density at radius 3 is 2.52 bits per heavy atom. The van der Waals surface area contributed by atoms with E-state index in [9.17, 15) is 14.4 Å². The van der Waals surface area contributed by atoms with Gasteiger partial charge in [-0.2, -0.15) is 0 Å². The maximum atomic E-state index is 12.3. The second kappa shape index (κ2) is 9.93. The number of carbonyl (C=O) groups is 3. The van der Waals surface area contributed by atoms with Gasteiger partial charge in [-0.3, -0.25) is 14.4 Å². The topological polar surface area (TPSA) is 120 Å². The Labute approximate surface area is 168 Å². The summed E-state index contributed by atoms with van der Waals surface area (Å²) in [5.74, 6) is -0.405. The summed E-state index contributed by atoms with van der Waals surface area (Å²) in [6.45, 7) is 1.57. The molecule has 0 aliphatic rings. The van der Waals surface area contributed by atoms with Gasteiger partial charge in [0.25, 0.3) is 11.8 Å². The third-order valence-electron chi connectivity index (χ3n) is 3.97. The zero-order chi connectivity index (χ0) is 21.4. The summed E-state index contributed by atoms with van der Waals surface area (Å²) < 4.78 is 10.5. The zero-order valence-corrected chi connectivity index (χ0v) is 16.4. The minimum atomic E-state index is -0.594. The van der Waals surface area contributed by atoms with Gasteiger partial charge in [0.2, 0.25) is 5.91 Å². The van der Waals surface area contributed by atoms with E-state index in [-0.39, 0.29) is 18.4 Å². The summed E-state index contributed by atoms with van der Waals surface area (Å²) in [7, 11) is 3.01. The van der Waals surface area contributed by atoms with Crippen molar-refractivity contribution < 1.29 is 23.9 Å². The van der Waals surface area contributed by atoms with Crippen LogP contribution in [0, 0.1) is 6.92 Å². The fourth-order valence-electron chi connectivity index (χ4n) is 2.44. The Balaban J connectivity index is 2.11. The average molecular weight is 397 g/mol. The Bertz CT molecular complexity index is 953. The molecule has 4 N–H and O–H groups in total. The highest BCUT2D eigenvalue weighted by molar-refractivity contribution is 6.03. The molecule has 2 aromatic carbocycles. The molecule has 0 bridgehead atoms. The molecule has 0 aliphatic carbocycles. The summed E-state index contributed by atoms with van der Waals surface area (Å²) in [4.78, 5) is 34.9. The van der Waals surface area contributed by atoms with Gasteiger partial charge in [0.05, 0.1) is 7.11 Å². The molecular weight excluding hydrogens is 374 g/mol. The van der Waals surface area contributed by atoms with Crippen molar-refractivity contribution in [2.75, 3.05) is 26.1 Å². The van der Waals surface area contributed by atoms with Gasteiger partial charge in [0.15, 0.2) is 18.1 Å². The lowest BCUT2D eigenvalue weighted by molar-refractivity contribution is -0.120. The van der Waals surface area contributed by atoms with Gasteiger partial charge in [-0.05, 0) is 48.4 Å². The first-order valence-electron chi connectivity index (χ1n) is 8.75. The van der Waals surface area contributed by atoms with E-state index in [2.05, 4.69) is 10.6 Å². The fourth-order valence-corrected chi connectivity index (χ4v) is 2.44. The summed E-state index contributed by atoms with van der Waals surface area (Å²) in [6, 6.07) is 10.1. The third-order valence-corrected chi connectivity index (χ3v) is 3.97. The van der Waals surface area contributed by atoms with Crippen LogP contribution >= 0.6 is 0 Å². The van der Waals surface area contributed by atoms with Crippen LogP contribution in [0.5, 0.6) is 11.5 Å². The van der Waals surface area contributed by atoms with E-state index in [1.54, 1.807) is 49.5 Å². The van der Waals surface area contributed by atoms with Crippen molar-refractivity contribution in [1.29, 1.82) is 0 Å². The highest BCUT2D eigenvalue weighted by Gasteiger charge is 2.09. The number of methoxy groups -OCH3 is 1. The van der Waals surface area contributed by atoms with Gasteiger partial charge < -0.3 is 25.8 Å².